The summed E-state index contributed by atoms with van der Waals surface area (Å²) >= 11 is 6.22. The van der Waals surface area contributed by atoms with Gasteiger partial charge < -0.3 is 10.3 Å². The molecule has 0 fully saturated rings. The van der Waals surface area contributed by atoms with Gasteiger partial charge in [0.1, 0.15) is 0 Å². The number of nitrogens with one attached hydrogen (secondary N) is 1. The summed E-state index contributed by atoms with van der Waals surface area (Å²) < 4.78 is 1.74. The molecule has 0 bridgehead atoms. The van der Waals surface area contributed by atoms with Crippen LogP contribution in [-0.2, 0) is 13.0 Å². The molecule has 0 saturated heterocycles. The van der Waals surface area contributed by atoms with Crippen molar-refractivity contribution < 1.29 is 0 Å². The summed E-state index contributed by atoms with van der Waals surface area (Å²) in [6.07, 6.45) is 0.755. The number of nitrogens with two attached hydrogens (primary N) is 1. The van der Waals surface area contributed by atoms with E-state index in [9.17, 15) is 9.59 Å². The maximum absolute atomic E-state index is 12.0. The Hall–Kier alpha value is -2.25. The van der Waals surface area contributed by atoms with Gasteiger partial charge in [0.15, 0.2) is 11.5 Å². The van der Waals surface area contributed by atoms with Crippen LogP contribution in [0.3, 0.4) is 0 Å². The SMILES string of the molecule is CCc1cc2c(cc1Cl)nc1c(=O)[nH]c(=O)nc-1n2CCN. The number of H-pyrrole nitrogens is 1. The van der Waals surface area contributed by atoms with Crippen LogP contribution in [0, 0.1) is 0 Å². The van der Waals surface area contributed by atoms with Crippen molar-refractivity contribution in [2.75, 3.05) is 6.54 Å². The minimum atomic E-state index is -0.700. The van der Waals surface area contributed by atoms with Crippen molar-refractivity contribution in [2.45, 2.75) is 19.9 Å². The summed E-state index contributed by atoms with van der Waals surface area (Å²) in [4.78, 5) is 33.8. The third-order valence-corrected chi connectivity index (χ3v) is 3.86. The van der Waals surface area contributed by atoms with Crippen molar-refractivity contribution in [3.8, 4) is 11.5 Å². The average molecular weight is 320 g/mol. The molecule has 2 aliphatic rings. The lowest BCUT2D eigenvalue weighted by Crippen LogP contribution is -2.29. The summed E-state index contributed by atoms with van der Waals surface area (Å²) in [5.41, 5.74) is 6.75. The van der Waals surface area contributed by atoms with E-state index in [1.807, 2.05) is 13.0 Å². The zero-order valence-electron chi connectivity index (χ0n) is 11.9. The monoisotopic (exact) mass is 319 g/mol. The largest absolute Gasteiger partial charge is 0.349 e. The van der Waals surface area contributed by atoms with E-state index >= 15 is 0 Å². The number of rotatable bonds is 3. The van der Waals surface area contributed by atoms with Gasteiger partial charge in [0, 0.05) is 18.1 Å². The lowest BCUT2D eigenvalue weighted by Gasteiger charge is -2.17. The molecule has 8 heteroatoms. The Morgan fingerprint density at radius 1 is 1.32 bits per heavy atom. The number of aromatic amines is 1. The second-order valence-corrected chi connectivity index (χ2v) is 5.29. The number of nitrogens with zero attached hydrogens (tertiary/aromatic N) is 3. The second-order valence-electron chi connectivity index (χ2n) is 4.88. The highest BCUT2D eigenvalue weighted by atomic mass is 35.5. The van der Waals surface area contributed by atoms with Gasteiger partial charge in [-0.3, -0.25) is 9.78 Å². The van der Waals surface area contributed by atoms with E-state index in [1.165, 1.54) is 0 Å². The first-order valence-electron chi connectivity index (χ1n) is 6.88. The maximum atomic E-state index is 12.0. The topological polar surface area (TPSA) is 107 Å². The highest BCUT2D eigenvalue weighted by Gasteiger charge is 2.19. The molecule has 22 heavy (non-hydrogen) atoms. The highest BCUT2D eigenvalue weighted by Crippen LogP contribution is 2.26. The van der Waals surface area contributed by atoms with Crippen molar-refractivity contribution >= 4 is 22.6 Å². The van der Waals surface area contributed by atoms with Crippen molar-refractivity contribution in [3.63, 3.8) is 0 Å². The average Bonchev–Trinajstić information content (AvgIpc) is 2.47. The van der Waals surface area contributed by atoms with E-state index in [2.05, 4.69) is 15.0 Å². The first-order valence-corrected chi connectivity index (χ1v) is 7.26. The molecule has 7 nitrogen and oxygen atoms in total. The molecule has 1 aromatic carbocycles. The van der Waals surface area contributed by atoms with Gasteiger partial charge in [0.25, 0.3) is 5.56 Å². The van der Waals surface area contributed by atoms with Crippen LogP contribution in [0.25, 0.3) is 22.6 Å². The third-order valence-electron chi connectivity index (χ3n) is 3.51. The van der Waals surface area contributed by atoms with Crippen LogP contribution in [0.2, 0.25) is 5.02 Å². The van der Waals surface area contributed by atoms with Crippen LogP contribution < -0.4 is 17.0 Å². The Morgan fingerprint density at radius 3 is 2.77 bits per heavy atom. The minimum absolute atomic E-state index is 0.0980. The fourth-order valence-corrected chi connectivity index (χ4v) is 2.78. The molecule has 0 saturated carbocycles. The predicted molar refractivity (Wildman–Crippen MR) is 84.5 cm³/mol. The van der Waals surface area contributed by atoms with Gasteiger partial charge >= 0.3 is 5.69 Å². The Morgan fingerprint density at radius 2 is 2.09 bits per heavy atom. The number of hydrogen-bond donors (Lipinski definition) is 2. The standard InChI is InChI=1S/C14H14ClN5O2/c1-2-7-5-10-9(6-8(7)15)17-11-12(20(10)4-3-16)18-14(22)19-13(11)21/h5-6H,2-4,16H2,1H3,(H,19,21,22). The molecule has 0 atom stereocenters. The number of aromatic nitrogens is 4. The van der Waals surface area contributed by atoms with Crippen LogP contribution in [0.15, 0.2) is 21.7 Å². The normalized spacial score (nSPS) is 11.4. The van der Waals surface area contributed by atoms with Crippen molar-refractivity contribution in [2.24, 2.45) is 5.73 Å². The molecule has 2 aliphatic heterocycles. The molecule has 0 unspecified atom stereocenters. The van der Waals surface area contributed by atoms with E-state index in [0.717, 1.165) is 17.5 Å². The van der Waals surface area contributed by atoms with E-state index in [4.69, 9.17) is 17.3 Å². The zero-order valence-corrected chi connectivity index (χ0v) is 12.6. The molecule has 0 spiro atoms. The van der Waals surface area contributed by atoms with Crippen LogP contribution in [0.1, 0.15) is 12.5 Å². The molecule has 3 N–H and O–H groups in total. The van der Waals surface area contributed by atoms with Gasteiger partial charge in [-0.15, -0.1) is 0 Å². The van der Waals surface area contributed by atoms with Crippen LogP contribution in [0.4, 0.5) is 0 Å². The first kappa shape index (κ1) is 14.7. The lowest BCUT2D eigenvalue weighted by atomic mass is 10.1. The van der Waals surface area contributed by atoms with Crippen LogP contribution in [-0.4, -0.2) is 26.1 Å². The van der Waals surface area contributed by atoms with E-state index in [-0.39, 0.29) is 11.5 Å². The van der Waals surface area contributed by atoms with Gasteiger partial charge in [-0.1, -0.05) is 18.5 Å². The molecule has 114 valence electrons. The van der Waals surface area contributed by atoms with Crippen molar-refractivity contribution in [3.05, 3.63) is 43.6 Å². The van der Waals surface area contributed by atoms with E-state index < -0.39 is 11.2 Å². The Balaban J connectivity index is 2.52. The number of hydrogen-bond acceptors (Lipinski definition) is 5. The fraction of sp³-hybridized carbons (Fsp3) is 0.286. The van der Waals surface area contributed by atoms with Crippen molar-refractivity contribution in [1.82, 2.24) is 19.5 Å². The lowest BCUT2D eigenvalue weighted by molar-refractivity contribution is 0.711. The number of fused-ring (bicyclic) bond motifs is 2. The third kappa shape index (κ3) is 2.28. The fourth-order valence-electron chi connectivity index (χ4n) is 2.49. The first-order chi connectivity index (χ1) is 10.5. The summed E-state index contributed by atoms with van der Waals surface area (Å²) in [7, 11) is 0. The number of aryl methyl sites for hydroxylation is 1. The summed E-state index contributed by atoms with van der Waals surface area (Å²) in [6, 6.07) is 3.61. The molecule has 3 rings (SSSR count). The highest BCUT2D eigenvalue weighted by molar-refractivity contribution is 6.32. The second kappa shape index (κ2) is 5.51. The Bertz CT molecular complexity index is 946. The van der Waals surface area contributed by atoms with E-state index in [1.54, 1.807) is 10.6 Å². The smallest absolute Gasteiger partial charge is 0.329 e. The summed E-state index contributed by atoms with van der Waals surface area (Å²) in [6.45, 7) is 2.75. The van der Waals surface area contributed by atoms with Crippen LogP contribution >= 0.6 is 11.6 Å². The Kier molecular flexibility index (Phi) is 3.67. The predicted octanol–water partition coefficient (Wildman–Crippen LogP) is 0.759. The van der Waals surface area contributed by atoms with Gasteiger partial charge in [-0.05, 0) is 24.1 Å². The molecule has 0 radical (unpaired) electrons. The number of benzene rings is 1. The molecule has 1 aromatic rings. The maximum Gasteiger partial charge on any atom is 0.349 e. The zero-order chi connectivity index (χ0) is 15.9. The quantitative estimate of drug-likeness (QED) is 0.693. The van der Waals surface area contributed by atoms with E-state index in [0.29, 0.717) is 23.6 Å². The van der Waals surface area contributed by atoms with Gasteiger partial charge in [0.2, 0.25) is 0 Å². The molecule has 0 aliphatic carbocycles. The van der Waals surface area contributed by atoms with Gasteiger partial charge in [-0.2, -0.15) is 4.98 Å². The molecule has 0 aromatic heterocycles. The van der Waals surface area contributed by atoms with Gasteiger partial charge in [-0.25, -0.2) is 9.78 Å². The number of halogens is 1. The Labute approximate surface area is 130 Å². The summed E-state index contributed by atoms with van der Waals surface area (Å²) in [5.74, 6) is 0.232. The van der Waals surface area contributed by atoms with Gasteiger partial charge in [0.05, 0.1) is 11.0 Å². The molecule has 0 amide bonds. The van der Waals surface area contributed by atoms with Crippen molar-refractivity contribution in [1.29, 1.82) is 0 Å². The minimum Gasteiger partial charge on any atom is -0.329 e. The molecule has 2 heterocycles. The summed E-state index contributed by atoms with van der Waals surface area (Å²) in [5, 5.41) is 0.589. The molecular formula is C14H14ClN5O2. The molecular weight excluding hydrogens is 306 g/mol. The van der Waals surface area contributed by atoms with Crippen LogP contribution in [0.5, 0.6) is 0 Å².